The monoisotopic (exact) mass is 439 g/mol. The first-order valence-corrected chi connectivity index (χ1v) is 10.00. The molecule has 0 bridgehead atoms. The fourth-order valence-corrected chi connectivity index (χ4v) is 4.07. The number of hydrogen-bond acceptors (Lipinski definition) is 4. The highest BCUT2D eigenvalue weighted by Gasteiger charge is 2.44. The smallest absolute Gasteiger partial charge is 0.491 e. The van der Waals surface area contributed by atoms with E-state index >= 15 is 0 Å². The number of nitrogens with one attached hydrogen (secondary N) is 1. The van der Waals surface area contributed by atoms with Crippen LogP contribution in [0.2, 0.25) is 0 Å². The van der Waals surface area contributed by atoms with Crippen LogP contribution in [0.15, 0.2) is 36.5 Å². The van der Waals surface area contributed by atoms with Gasteiger partial charge in [0.05, 0.1) is 6.61 Å². The van der Waals surface area contributed by atoms with Gasteiger partial charge in [0.1, 0.15) is 17.0 Å². The van der Waals surface area contributed by atoms with Crippen LogP contribution < -0.4 is 14.8 Å². The van der Waals surface area contributed by atoms with Gasteiger partial charge in [-0.25, -0.2) is 9.18 Å². The Morgan fingerprint density at radius 1 is 1.19 bits per heavy atom. The van der Waals surface area contributed by atoms with Gasteiger partial charge in [0.15, 0.2) is 11.6 Å². The molecule has 1 N–H and O–H groups in total. The van der Waals surface area contributed by atoms with E-state index in [0.717, 1.165) is 31.4 Å². The fraction of sp³-hybridized carbons (Fsp3) is 0.429. The summed E-state index contributed by atoms with van der Waals surface area (Å²) in [5, 5.41) is 2.98. The van der Waals surface area contributed by atoms with Crippen LogP contribution in [0.5, 0.6) is 11.5 Å². The number of carbonyl (C=O) groups excluding carboxylic acids is 1. The van der Waals surface area contributed by atoms with Crippen LogP contribution in [0.4, 0.5) is 22.4 Å². The Morgan fingerprint density at radius 3 is 2.68 bits per heavy atom. The molecule has 0 radical (unpaired) electrons. The number of nitrogens with zero attached hydrogens (tertiary/aromatic N) is 2. The first-order valence-electron chi connectivity index (χ1n) is 10.00. The van der Waals surface area contributed by atoms with Crippen LogP contribution in [-0.2, 0) is 5.54 Å². The lowest BCUT2D eigenvalue weighted by Crippen LogP contribution is -2.55. The molecule has 31 heavy (non-hydrogen) atoms. The number of urea groups is 1. The molecule has 1 saturated heterocycles. The van der Waals surface area contributed by atoms with E-state index in [1.165, 1.54) is 12.3 Å². The number of rotatable bonds is 3. The van der Waals surface area contributed by atoms with Gasteiger partial charge in [0, 0.05) is 25.7 Å². The second-order valence-electron chi connectivity index (χ2n) is 7.52. The van der Waals surface area contributed by atoms with Crippen LogP contribution in [-0.4, -0.2) is 42.0 Å². The molecule has 6 nitrogen and oxygen atoms in total. The van der Waals surface area contributed by atoms with Crippen LogP contribution in [0.3, 0.4) is 0 Å². The van der Waals surface area contributed by atoms with E-state index in [4.69, 9.17) is 4.74 Å². The molecule has 1 aromatic carbocycles. The van der Waals surface area contributed by atoms with E-state index in [1.54, 1.807) is 17.0 Å². The zero-order chi connectivity index (χ0) is 22.1. The van der Waals surface area contributed by atoms with Crippen molar-refractivity contribution in [3.8, 4) is 11.5 Å². The third-order valence-corrected chi connectivity index (χ3v) is 5.52. The number of alkyl halides is 3. The van der Waals surface area contributed by atoms with Gasteiger partial charge in [-0.05, 0) is 49.1 Å². The Labute approximate surface area is 176 Å². The normalized spacial score (nSPS) is 21.1. The van der Waals surface area contributed by atoms with Gasteiger partial charge in [-0.2, -0.15) is 0 Å². The maximum Gasteiger partial charge on any atom is 0.573 e. The lowest BCUT2D eigenvalue weighted by atomic mass is 9.81. The average Bonchev–Trinajstić information content (AvgIpc) is 2.75. The van der Waals surface area contributed by atoms with Crippen molar-refractivity contribution in [2.24, 2.45) is 0 Å². The number of benzene rings is 1. The molecule has 0 aliphatic carbocycles. The molecule has 1 aromatic heterocycles. The van der Waals surface area contributed by atoms with Crippen molar-refractivity contribution in [1.82, 2.24) is 15.2 Å². The predicted molar refractivity (Wildman–Crippen MR) is 102 cm³/mol. The number of aromatic nitrogens is 1. The molecule has 2 amide bonds. The van der Waals surface area contributed by atoms with Crippen molar-refractivity contribution in [3.05, 3.63) is 53.6 Å². The summed E-state index contributed by atoms with van der Waals surface area (Å²) in [5.74, 6) is -1.71. The topological polar surface area (TPSA) is 63.7 Å². The number of pyridine rings is 1. The van der Waals surface area contributed by atoms with Crippen LogP contribution >= 0.6 is 0 Å². The second kappa shape index (κ2) is 8.24. The summed E-state index contributed by atoms with van der Waals surface area (Å²) in [6.07, 6.45) is -0.455. The van der Waals surface area contributed by atoms with Crippen LogP contribution in [0, 0.1) is 5.82 Å². The number of ether oxygens (including phenoxy) is 2. The quantitative estimate of drug-likeness (QED) is 0.723. The molecular weight excluding hydrogens is 418 g/mol. The molecule has 2 aliphatic rings. The van der Waals surface area contributed by atoms with Crippen molar-refractivity contribution in [2.75, 3.05) is 19.7 Å². The van der Waals surface area contributed by atoms with Crippen molar-refractivity contribution < 1.29 is 31.8 Å². The summed E-state index contributed by atoms with van der Waals surface area (Å²) < 4.78 is 61.6. The number of carbonyl (C=O) groups is 1. The van der Waals surface area contributed by atoms with Gasteiger partial charge in [0.25, 0.3) is 0 Å². The Morgan fingerprint density at radius 2 is 1.97 bits per heavy atom. The first kappa shape index (κ1) is 21.2. The summed E-state index contributed by atoms with van der Waals surface area (Å²) in [6, 6.07) is 6.18. The van der Waals surface area contributed by atoms with E-state index in [9.17, 15) is 22.4 Å². The minimum atomic E-state index is -5.02. The molecule has 166 valence electrons. The van der Waals surface area contributed by atoms with Crippen LogP contribution in [0.25, 0.3) is 0 Å². The second-order valence-corrected chi connectivity index (χ2v) is 7.52. The van der Waals surface area contributed by atoms with Crippen molar-refractivity contribution in [1.29, 1.82) is 0 Å². The molecule has 0 spiro atoms. The summed E-state index contributed by atoms with van der Waals surface area (Å²) in [6.45, 7) is 1.40. The minimum Gasteiger partial charge on any atom is -0.491 e. The highest BCUT2D eigenvalue weighted by Crippen LogP contribution is 2.42. The number of likely N-dealkylation sites (tertiary alicyclic amines) is 1. The molecule has 1 atom stereocenters. The van der Waals surface area contributed by atoms with Gasteiger partial charge in [-0.3, -0.25) is 4.98 Å². The number of amides is 2. The van der Waals surface area contributed by atoms with Gasteiger partial charge >= 0.3 is 12.4 Å². The van der Waals surface area contributed by atoms with Gasteiger partial charge in [-0.15, -0.1) is 13.2 Å². The summed E-state index contributed by atoms with van der Waals surface area (Å²) >= 11 is 0. The number of piperidine rings is 1. The van der Waals surface area contributed by atoms with Crippen molar-refractivity contribution in [2.45, 2.75) is 37.6 Å². The maximum absolute atomic E-state index is 14.6. The van der Waals surface area contributed by atoms with Crippen molar-refractivity contribution in [3.63, 3.8) is 0 Å². The van der Waals surface area contributed by atoms with E-state index in [-0.39, 0.29) is 24.6 Å². The van der Waals surface area contributed by atoms with E-state index in [2.05, 4.69) is 15.0 Å². The number of halogens is 4. The fourth-order valence-electron chi connectivity index (χ4n) is 4.07. The molecule has 3 heterocycles. The lowest BCUT2D eigenvalue weighted by molar-refractivity contribution is -0.275. The number of fused-ring (bicyclic) bond motifs is 1. The highest BCUT2D eigenvalue weighted by molar-refractivity contribution is 5.76. The maximum atomic E-state index is 14.6. The molecule has 4 rings (SSSR count). The average molecular weight is 439 g/mol. The highest BCUT2D eigenvalue weighted by atomic mass is 19.4. The third-order valence-electron chi connectivity index (χ3n) is 5.52. The van der Waals surface area contributed by atoms with E-state index < -0.39 is 23.5 Å². The van der Waals surface area contributed by atoms with E-state index in [0.29, 0.717) is 24.5 Å². The summed E-state index contributed by atoms with van der Waals surface area (Å²) in [7, 11) is 0. The minimum absolute atomic E-state index is 0.210. The zero-order valence-corrected chi connectivity index (χ0v) is 16.5. The van der Waals surface area contributed by atoms with Gasteiger partial charge in [-0.1, -0.05) is 6.07 Å². The SMILES string of the molecule is O=C(NC1(c2ccc(OC(F)(F)F)c(F)c2)CCOc2cccnc21)N1CCCCC1. The Balaban J connectivity index is 1.75. The van der Waals surface area contributed by atoms with Gasteiger partial charge < -0.3 is 19.7 Å². The Kier molecular flexibility index (Phi) is 5.63. The summed E-state index contributed by atoms with van der Waals surface area (Å²) in [5.41, 5.74) is -0.635. The van der Waals surface area contributed by atoms with Crippen molar-refractivity contribution >= 4 is 6.03 Å². The molecule has 2 aliphatic heterocycles. The number of hydrogen-bond donors (Lipinski definition) is 1. The molecule has 0 saturated carbocycles. The first-order chi connectivity index (χ1) is 14.8. The predicted octanol–water partition coefficient (Wildman–Crippen LogP) is 4.34. The Bertz CT molecular complexity index is 963. The summed E-state index contributed by atoms with van der Waals surface area (Å²) in [4.78, 5) is 19.1. The molecule has 10 heteroatoms. The van der Waals surface area contributed by atoms with Crippen LogP contribution in [0.1, 0.15) is 36.9 Å². The molecule has 1 fully saturated rings. The largest absolute Gasteiger partial charge is 0.573 e. The van der Waals surface area contributed by atoms with Gasteiger partial charge in [0.2, 0.25) is 0 Å². The third kappa shape index (κ3) is 4.38. The van der Waals surface area contributed by atoms with E-state index in [1.807, 2.05) is 0 Å². The Hall–Kier alpha value is -3.04. The molecule has 1 unspecified atom stereocenters. The molecular formula is C21H21F4N3O3. The molecule has 2 aromatic rings. The lowest BCUT2D eigenvalue weighted by Gasteiger charge is -2.40. The zero-order valence-electron chi connectivity index (χ0n) is 16.5. The standard InChI is InChI=1S/C21H21F4N3O3/c22-15-13-14(6-7-16(15)31-21(23,24)25)20(27-19(29)28-10-2-1-3-11-28)8-12-30-17-5-4-9-26-18(17)20/h4-7,9,13H,1-3,8,10-12H2,(H,27,29).